The summed E-state index contributed by atoms with van der Waals surface area (Å²) in [5.41, 5.74) is -0.680. The minimum Gasteiger partial charge on any atom is -0.464 e. The molecule has 0 aromatic carbocycles. The fourth-order valence-corrected chi connectivity index (χ4v) is 1.65. The number of carbonyl (C=O) groups is 1. The van der Waals surface area contributed by atoms with E-state index in [-0.39, 0.29) is 6.61 Å². The van der Waals surface area contributed by atoms with Gasteiger partial charge in [-0.3, -0.25) is 4.68 Å². The van der Waals surface area contributed by atoms with Gasteiger partial charge < -0.3 is 4.74 Å². The van der Waals surface area contributed by atoms with Gasteiger partial charge in [-0.2, -0.15) is 18.3 Å². The lowest BCUT2D eigenvalue weighted by molar-refractivity contribution is -0.144. The van der Waals surface area contributed by atoms with E-state index >= 15 is 0 Å². The molecule has 1 aromatic rings. The summed E-state index contributed by atoms with van der Waals surface area (Å²) >= 11 is 0. The fraction of sp³-hybridized carbons (Fsp3) is 0.556. The third kappa shape index (κ3) is 1.77. The van der Waals surface area contributed by atoms with Gasteiger partial charge in [-0.05, 0) is 13.0 Å². The van der Waals surface area contributed by atoms with E-state index in [0.717, 1.165) is 10.7 Å². The van der Waals surface area contributed by atoms with Gasteiger partial charge in [0.15, 0.2) is 11.7 Å². The average Bonchev–Trinajstić information content (AvgIpc) is 2.70. The van der Waals surface area contributed by atoms with Crippen LogP contribution in [0.3, 0.4) is 0 Å². The third-order valence-corrected chi connectivity index (χ3v) is 2.42. The average molecular weight is 234 g/mol. The summed E-state index contributed by atoms with van der Waals surface area (Å²) in [5, 5.41) is 3.40. The molecule has 7 heteroatoms. The minimum absolute atomic E-state index is 0.226. The Hall–Kier alpha value is -1.53. The summed E-state index contributed by atoms with van der Waals surface area (Å²) in [4.78, 5) is 11.2. The lowest BCUT2D eigenvalue weighted by Crippen LogP contribution is -2.17. The lowest BCUT2D eigenvalue weighted by atomic mass is 10.2. The zero-order valence-electron chi connectivity index (χ0n) is 8.41. The van der Waals surface area contributed by atoms with Crippen LogP contribution in [0.25, 0.3) is 0 Å². The molecule has 0 bridgehead atoms. The van der Waals surface area contributed by atoms with Crippen LogP contribution in [0.5, 0.6) is 0 Å². The van der Waals surface area contributed by atoms with Crippen molar-refractivity contribution in [3.8, 4) is 0 Å². The molecule has 2 heterocycles. The second-order valence-electron chi connectivity index (χ2n) is 3.59. The Morgan fingerprint density at radius 1 is 1.56 bits per heavy atom. The second-order valence-corrected chi connectivity index (χ2v) is 3.59. The van der Waals surface area contributed by atoms with Gasteiger partial charge in [0.25, 0.3) is 0 Å². The SMILES string of the molecule is Cc1cc(C(F)(F)F)nn1C1CCOC1=O. The number of rotatable bonds is 1. The lowest BCUT2D eigenvalue weighted by Gasteiger charge is -2.08. The first kappa shape index (κ1) is 11.0. The molecule has 0 radical (unpaired) electrons. The van der Waals surface area contributed by atoms with Crippen molar-refractivity contribution in [2.24, 2.45) is 0 Å². The van der Waals surface area contributed by atoms with Crippen molar-refractivity contribution >= 4 is 5.97 Å². The zero-order valence-corrected chi connectivity index (χ0v) is 8.41. The number of halogens is 3. The van der Waals surface area contributed by atoms with Gasteiger partial charge in [0, 0.05) is 12.1 Å². The summed E-state index contributed by atoms with van der Waals surface area (Å²) in [6.45, 7) is 1.71. The normalized spacial score (nSPS) is 21.2. The molecular weight excluding hydrogens is 225 g/mol. The molecule has 0 aliphatic carbocycles. The van der Waals surface area contributed by atoms with E-state index in [1.165, 1.54) is 6.92 Å². The number of cyclic esters (lactones) is 1. The Morgan fingerprint density at radius 3 is 2.69 bits per heavy atom. The van der Waals surface area contributed by atoms with Crippen LogP contribution in [-0.2, 0) is 15.7 Å². The predicted molar refractivity (Wildman–Crippen MR) is 46.6 cm³/mol. The van der Waals surface area contributed by atoms with E-state index in [9.17, 15) is 18.0 Å². The molecule has 16 heavy (non-hydrogen) atoms. The van der Waals surface area contributed by atoms with E-state index in [0.29, 0.717) is 12.1 Å². The summed E-state index contributed by atoms with van der Waals surface area (Å²) in [6, 6.07) is 0.196. The van der Waals surface area contributed by atoms with Gasteiger partial charge >= 0.3 is 12.1 Å². The van der Waals surface area contributed by atoms with E-state index in [1.54, 1.807) is 0 Å². The highest BCUT2D eigenvalue weighted by atomic mass is 19.4. The smallest absolute Gasteiger partial charge is 0.435 e. The van der Waals surface area contributed by atoms with Gasteiger partial charge in [-0.1, -0.05) is 0 Å². The molecule has 0 N–H and O–H groups in total. The second kappa shape index (κ2) is 3.50. The maximum Gasteiger partial charge on any atom is 0.435 e. The Labute approximate surface area is 89.0 Å². The van der Waals surface area contributed by atoms with Gasteiger partial charge in [-0.15, -0.1) is 0 Å². The molecule has 2 rings (SSSR count). The van der Waals surface area contributed by atoms with Crippen LogP contribution in [-0.4, -0.2) is 22.4 Å². The number of esters is 1. The molecule has 88 valence electrons. The standard InChI is InChI=1S/C9H9F3N2O2/c1-5-4-7(9(10,11)12)13-14(5)6-2-3-16-8(6)15/h4,6H,2-3H2,1H3. The molecular formula is C9H9F3N2O2. The number of carbonyl (C=O) groups excluding carboxylic acids is 1. The predicted octanol–water partition coefficient (Wildman–Crippen LogP) is 1.70. The van der Waals surface area contributed by atoms with Crippen molar-refractivity contribution in [2.75, 3.05) is 6.61 Å². The number of nitrogens with zero attached hydrogens (tertiary/aromatic N) is 2. The highest BCUT2D eigenvalue weighted by Gasteiger charge is 2.37. The van der Waals surface area contributed by atoms with Crippen LogP contribution < -0.4 is 0 Å². The summed E-state index contributed by atoms with van der Waals surface area (Å²) in [5.74, 6) is -0.528. The molecule has 0 spiro atoms. The molecule has 1 saturated heterocycles. The monoisotopic (exact) mass is 234 g/mol. The number of alkyl halides is 3. The highest BCUT2D eigenvalue weighted by Crippen LogP contribution is 2.30. The Bertz CT molecular complexity index is 425. The molecule has 1 fully saturated rings. The van der Waals surface area contributed by atoms with Crippen molar-refractivity contribution in [1.29, 1.82) is 0 Å². The number of hydrogen-bond donors (Lipinski definition) is 0. The topological polar surface area (TPSA) is 44.1 Å². The van der Waals surface area contributed by atoms with Crippen LogP contribution >= 0.6 is 0 Å². The molecule has 1 aliphatic rings. The molecule has 1 atom stereocenters. The largest absolute Gasteiger partial charge is 0.464 e. The maximum atomic E-state index is 12.4. The third-order valence-electron chi connectivity index (χ3n) is 2.42. The quantitative estimate of drug-likeness (QED) is 0.694. The van der Waals surface area contributed by atoms with Crippen LogP contribution in [0.2, 0.25) is 0 Å². The van der Waals surface area contributed by atoms with Crippen LogP contribution in [0.15, 0.2) is 6.07 Å². The number of aromatic nitrogens is 2. The summed E-state index contributed by atoms with van der Waals surface area (Å²) < 4.78 is 42.9. The first-order valence-corrected chi connectivity index (χ1v) is 4.69. The van der Waals surface area contributed by atoms with Crippen molar-refractivity contribution in [2.45, 2.75) is 25.6 Å². The summed E-state index contributed by atoms with van der Waals surface area (Å²) in [7, 11) is 0. The van der Waals surface area contributed by atoms with Gasteiger partial charge in [0.2, 0.25) is 0 Å². The van der Waals surface area contributed by atoms with Crippen molar-refractivity contribution < 1.29 is 22.7 Å². The highest BCUT2D eigenvalue weighted by molar-refractivity contribution is 5.75. The molecule has 0 amide bonds. The number of aryl methyl sites for hydroxylation is 1. The van der Waals surface area contributed by atoms with E-state index < -0.39 is 23.9 Å². The van der Waals surface area contributed by atoms with Crippen molar-refractivity contribution in [3.63, 3.8) is 0 Å². The first-order valence-electron chi connectivity index (χ1n) is 4.69. The Balaban J connectivity index is 2.35. The molecule has 4 nitrogen and oxygen atoms in total. The Kier molecular flexibility index (Phi) is 2.40. The van der Waals surface area contributed by atoms with E-state index in [2.05, 4.69) is 9.84 Å². The number of hydrogen-bond acceptors (Lipinski definition) is 3. The maximum absolute atomic E-state index is 12.4. The first-order chi connectivity index (χ1) is 7.39. The van der Waals surface area contributed by atoms with Gasteiger partial charge in [-0.25, -0.2) is 4.79 Å². The molecule has 1 aliphatic heterocycles. The van der Waals surface area contributed by atoms with Crippen molar-refractivity contribution in [3.05, 3.63) is 17.5 Å². The zero-order chi connectivity index (χ0) is 11.9. The molecule has 1 aromatic heterocycles. The van der Waals surface area contributed by atoms with Gasteiger partial charge in [0.1, 0.15) is 0 Å². The minimum atomic E-state index is -4.49. The van der Waals surface area contributed by atoms with Gasteiger partial charge in [0.05, 0.1) is 6.61 Å². The fourth-order valence-electron chi connectivity index (χ4n) is 1.65. The molecule has 1 unspecified atom stereocenters. The van der Waals surface area contributed by atoms with Crippen molar-refractivity contribution in [1.82, 2.24) is 9.78 Å². The molecule has 0 saturated carbocycles. The van der Waals surface area contributed by atoms with Crippen LogP contribution in [0.4, 0.5) is 13.2 Å². The van der Waals surface area contributed by atoms with E-state index in [1.807, 2.05) is 0 Å². The van der Waals surface area contributed by atoms with Crippen LogP contribution in [0.1, 0.15) is 23.9 Å². The Morgan fingerprint density at radius 2 is 2.25 bits per heavy atom. The van der Waals surface area contributed by atoms with E-state index in [4.69, 9.17) is 0 Å². The summed E-state index contributed by atoms with van der Waals surface area (Å²) in [6.07, 6.45) is -4.13. The number of ether oxygens (including phenoxy) is 1. The van der Waals surface area contributed by atoms with Crippen LogP contribution in [0, 0.1) is 6.92 Å².